The van der Waals surface area contributed by atoms with E-state index < -0.39 is 0 Å². The van der Waals surface area contributed by atoms with Gasteiger partial charge in [0.1, 0.15) is 11.5 Å². The minimum atomic E-state index is -0.219. The summed E-state index contributed by atoms with van der Waals surface area (Å²) < 4.78 is 0. The van der Waals surface area contributed by atoms with Crippen LogP contribution in [0.1, 0.15) is 47.5 Å². The van der Waals surface area contributed by atoms with Crippen molar-refractivity contribution in [2.24, 2.45) is 0 Å². The summed E-state index contributed by atoms with van der Waals surface area (Å²) in [5, 5.41) is 5.86. The Hall–Kier alpha value is -2.76. The van der Waals surface area contributed by atoms with Crippen molar-refractivity contribution in [3.63, 3.8) is 0 Å². The predicted octanol–water partition coefficient (Wildman–Crippen LogP) is 2.95. The van der Waals surface area contributed by atoms with Crippen LogP contribution in [0.3, 0.4) is 0 Å². The van der Waals surface area contributed by atoms with Gasteiger partial charge in [-0.15, -0.1) is 0 Å². The van der Waals surface area contributed by atoms with Gasteiger partial charge in [0.2, 0.25) is 0 Å². The highest BCUT2D eigenvalue weighted by atomic mass is 16.1. The van der Waals surface area contributed by atoms with Crippen LogP contribution in [0.4, 0.5) is 11.5 Å². The van der Waals surface area contributed by atoms with Crippen molar-refractivity contribution in [3.8, 4) is 0 Å². The number of ketones is 1. The van der Waals surface area contributed by atoms with Gasteiger partial charge in [-0.25, -0.2) is 9.97 Å². The van der Waals surface area contributed by atoms with E-state index in [1.165, 1.54) is 19.3 Å². The molecule has 2 N–H and O–H groups in total. The summed E-state index contributed by atoms with van der Waals surface area (Å²) in [5.41, 5.74) is 1.74. The number of anilines is 2. The van der Waals surface area contributed by atoms with Gasteiger partial charge in [-0.2, -0.15) is 0 Å². The third kappa shape index (κ3) is 4.88. The summed E-state index contributed by atoms with van der Waals surface area (Å²) in [7, 11) is 0. The molecule has 23 heavy (non-hydrogen) atoms. The second kappa shape index (κ2) is 8.03. The van der Waals surface area contributed by atoms with Gasteiger partial charge in [-0.05, 0) is 37.6 Å². The molecule has 0 aliphatic rings. The molecular weight excluding hydrogens is 292 g/mol. The van der Waals surface area contributed by atoms with Crippen LogP contribution in [-0.2, 0) is 0 Å². The fraction of sp³-hybridized carbons (Fsp3) is 0.294. The Labute approximate surface area is 135 Å². The van der Waals surface area contributed by atoms with Crippen LogP contribution >= 0.6 is 0 Å². The van der Waals surface area contributed by atoms with E-state index in [9.17, 15) is 9.59 Å². The fourth-order valence-electron chi connectivity index (χ4n) is 1.92. The molecule has 120 valence electrons. The van der Waals surface area contributed by atoms with Gasteiger partial charge in [-0.1, -0.05) is 13.3 Å². The molecule has 1 aromatic heterocycles. The summed E-state index contributed by atoms with van der Waals surface area (Å²) in [6.07, 6.45) is 4.91. The number of Topliss-reactive ketones (excluding diaryl/α,β-unsaturated/α-hetero) is 1. The molecule has 0 aliphatic carbocycles. The molecule has 2 aromatic rings. The number of unbranched alkanes of at least 4 members (excludes halogenated alkanes) is 1. The van der Waals surface area contributed by atoms with Crippen LogP contribution in [0.2, 0.25) is 0 Å². The first-order chi connectivity index (χ1) is 11.1. The predicted molar refractivity (Wildman–Crippen MR) is 89.0 cm³/mol. The monoisotopic (exact) mass is 312 g/mol. The highest BCUT2D eigenvalue weighted by molar-refractivity contribution is 5.94. The maximum absolute atomic E-state index is 11.8. The first-order valence-electron chi connectivity index (χ1n) is 7.58. The van der Waals surface area contributed by atoms with Gasteiger partial charge >= 0.3 is 0 Å². The molecule has 0 aliphatic heterocycles. The molecule has 1 aromatic carbocycles. The molecule has 0 atom stereocenters. The van der Waals surface area contributed by atoms with Crippen LogP contribution in [0.25, 0.3) is 0 Å². The number of carbonyl (C=O) groups excluding carboxylic acids is 2. The van der Waals surface area contributed by atoms with E-state index in [2.05, 4.69) is 27.5 Å². The summed E-state index contributed by atoms with van der Waals surface area (Å²) in [6.45, 7) is 4.23. The number of hydrogen-bond donors (Lipinski definition) is 2. The molecule has 0 spiro atoms. The number of rotatable bonds is 7. The molecule has 1 heterocycles. The van der Waals surface area contributed by atoms with Crippen molar-refractivity contribution in [3.05, 3.63) is 47.9 Å². The summed E-state index contributed by atoms with van der Waals surface area (Å²) in [5.74, 6) is 0.337. The topological polar surface area (TPSA) is 84.0 Å². The number of hydrogen-bond acceptors (Lipinski definition) is 5. The number of carbonyl (C=O) groups is 2. The summed E-state index contributed by atoms with van der Waals surface area (Å²) >= 11 is 0. The Kier molecular flexibility index (Phi) is 5.80. The van der Waals surface area contributed by atoms with Gasteiger partial charge in [-0.3, -0.25) is 9.59 Å². The molecule has 0 fully saturated rings. The number of nitrogens with one attached hydrogen (secondary N) is 2. The van der Waals surface area contributed by atoms with Crippen LogP contribution in [0.5, 0.6) is 0 Å². The van der Waals surface area contributed by atoms with Crippen molar-refractivity contribution >= 4 is 23.2 Å². The molecule has 0 bridgehead atoms. The summed E-state index contributed by atoms with van der Waals surface area (Å²) in [6, 6.07) is 7.08. The van der Waals surface area contributed by atoms with E-state index in [4.69, 9.17) is 0 Å². The molecule has 2 rings (SSSR count). The number of nitrogens with zero attached hydrogens (tertiary/aromatic N) is 2. The van der Waals surface area contributed by atoms with Crippen molar-refractivity contribution in [1.29, 1.82) is 0 Å². The molecule has 0 saturated carbocycles. The van der Waals surface area contributed by atoms with E-state index in [-0.39, 0.29) is 11.7 Å². The maximum atomic E-state index is 11.8. The second-order valence-corrected chi connectivity index (χ2v) is 5.15. The maximum Gasteiger partial charge on any atom is 0.271 e. The zero-order chi connectivity index (χ0) is 16.7. The first-order valence-corrected chi connectivity index (χ1v) is 7.58. The van der Waals surface area contributed by atoms with E-state index >= 15 is 0 Å². The lowest BCUT2D eigenvalue weighted by atomic mass is 10.1. The third-order valence-electron chi connectivity index (χ3n) is 3.26. The van der Waals surface area contributed by atoms with Gasteiger partial charge in [0.15, 0.2) is 5.78 Å². The highest BCUT2D eigenvalue weighted by Crippen LogP contribution is 2.15. The third-order valence-corrected chi connectivity index (χ3v) is 3.26. The van der Waals surface area contributed by atoms with E-state index in [1.54, 1.807) is 24.3 Å². The Morgan fingerprint density at radius 1 is 1.09 bits per heavy atom. The Balaban J connectivity index is 1.96. The highest BCUT2D eigenvalue weighted by Gasteiger charge is 2.07. The van der Waals surface area contributed by atoms with Crippen molar-refractivity contribution < 1.29 is 9.59 Å². The Morgan fingerprint density at radius 3 is 2.39 bits per heavy atom. The van der Waals surface area contributed by atoms with Crippen LogP contribution in [-0.4, -0.2) is 28.2 Å². The standard InChI is InChI=1S/C17H20N4O2/c1-3-4-9-18-17(23)15-10-20-16(11-19-15)21-14-7-5-13(6-8-14)12(2)22/h5-8,10-11H,3-4,9H2,1-2H3,(H,18,23)(H,20,21). The van der Waals surface area contributed by atoms with Crippen LogP contribution in [0, 0.1) is 0 Å². The zero-order valence-electron chi connectivity index (χ0n) is 13.3. The van der Waals surface area contributed by atoms with E-state index in [0.29, 0.717) is 23.6 Å². The lowest BCUT2D eigenvalue weighted by Crippen LogP contribution is -2.25. The largest absolute Gasteiger partial charge is 0.351 e. The summed E-state index contributed by atoms with van der Waals surface area (Å²) in [4.78, 5) is 31.3. The average Bonchev–Trinajstić information content (AvgIpc) is 2.56. The minimum Gasteiger partial charge on any atom is -0.351 e. The smallest absolute Gasteiger partial charge is 0.271 e. The van der Waals surface area contributed by atoms with E-state index in [0.717, 1.165) is 18.5 Å². The number of aromatic nitrogens is 2. The van der Waals surface area contributed by atoms with Gasteiger partial charge in [0, 0.05) is 17.8 Å². The van der Waals surface area contributed by atoms with Crippen molar-refractivity contribution in [2.45, 2.75) is 26.7 Å². The Bertz CT molecular complexity index is 666. The number of amides is 1. The van der Waals surface area contributed by atoms with E-state index in [1.807, 2.05) is 0 Å². The van der Waals surface area contributed by atoms with Gasteiger partial charge in [0.25, 0.3) is 5.91 Å². The second-order valence-electron chi connectivity index (χ2n) is 5.15. The molecular formula is C17H20N4O2. The first kappa shape index (κ1) is 16.6. The van der Waals surface area contributed by atoms with Crippen LogP contribution < -0.4 is 10.6 Å². The quantitative estimate of drug-likeness (QED) is 0.606. The molecule has 6 nitrogen and oxygen atoms in total. The van der Waals surface area contributed by atoms with Gasteiger partial charge in [0.05, 0.1) is 12.4 Å². The lowest BCUT2D eigenvalue weighted by Gasteiger charge is -2.07. The zero-order valence-corrected chi connectivity index (χ0v) is 13.3. The van der Waals surface area contributed by atoms with Gasteiger partial charge < -0.3 is 10.6 Å². The van der Waals surface area contributed by atoms with Crippen molar-refractivity contribution in [2.75, 3.05) is 11.9 Å². The molecule has 0 unspecified atom stereocenters. The van der Waals surface area contributed by atoms with Crippen LogP contribution in [0.15, 0.2) is 36.7 Å². The molecule has 0 saturated heterocycles. The fourth-order valence-corrected chi connectivity index (χ4v) is 1.92. The SMILES string of the molecule is CCCCNC(=O)c1cnc(Nc2ccc(C(C)=O)cc2)cn1. The molecule has 6 heteroatoms. The number of benzene rings is 1. The normalized spacial score (nSPS) is 10.2. The van der Waals surface area contributed by atoms with Crippen molar-refractivity contribution in [1.82, 2.24) is 15.3 Å². The lowest BCUT2D eigenvalue weighted by molar-refractivity contribution is 0.0947. The minimum absolute atomic E-state index is 0.0229. The molecule has 0 radical (unpaired) electrons. The molecule has 1 amide bonds. The Morgan fingerprint density at radius 2 is 1.83 bits per heavy atom. The average molecular weight is 312 g/mol.